The topological polar surface area (TPSA) is 18.5 Å². The van der Waals surface area contributed by atoms with Gasteiger partial charge in [0.1, 0.15) is 0 Å². The third-order valence-corrected chi connectivity index (χ3v) is 6.85. The first kappa shape index (κ1) is 17.1. The zero-order valence-electron chi connectivity index (χ0n) is 12.9. The summed E-state index contributed by atoms with van der Waals surface area (Å²) in [7, 11) is -1.95. The fourth-order valence-electron chi connectivity index (χ4n) is 1.94. The summed E-state index contributed by atoms with van der Waals surface area (Å²) in [5.41, 5.74) is 0. The molecule has 0 spiro atoms. The van der Waals surface area contributed by atoms with Crippen LogP contribution in [0.4, 0.5) is 0 Å². The predicted octanol–water partition coefficient (Wildman–Crippen LogP) is 4.59. The molecule has 2 nitrogen and oxygen atoms in total. The fourth-order valence-corrected chi connectivity index (χ4v) is 4.88. The van der Waals surface area contributed by atoms with Gasteiger partial charge in [-0.15, -0.1) is 0 Å². The molecular formula is C14H32O2Si. The van der Waals surface area contributed by atoms with Gasteiger partial charge in [-0.1, -0.05) is 48.5 Å². The Morgan fingerprint density at radius 2 is 1.47 bits per heavy atom. The average molecular weight is 260 g/mol. The van der Waals surface area contributed by atoms with E-state index < -0.39 is 8.56 Å². The molecule has 3 heteroatoms. The van der Waals surface area contributed by atoms with E-state index in [1.807, 2.05) is 0 Å². The molecule has 0 N–H and O–H groups in total. The van der Waals surface area contributed by atoms with E-state index in [2.05, 4.69) is 48.5 Å². The van der Waals surface area contributed by atoms with Gasteiger partial charge in [0.15, 0.2) is 0 Å². The lowest BCUT2D eigenvalue weighted by Crippen LogP contribution is -2.46. The maximum Gasteiger partial charge on any atom is 0.337 e. The Morgan fingerprint density at radius 1 is 0.941 bits per heavy atom. The zero-order valence-corrected chi connectivity index (χ0v) is 13.9. The van der Waals surface area contributed by atoms with Crippen molar-refractivity contribution in [1.82, 2.24) is 0 Å². The molecule has 0 aromatic carbocycles. The Hall–Kier alpha value is 0.137. The van der Waals surface area contributed by atoms with Crippen LogP contribution in [0.5, 0.6) is 0 Å². The van der Waals surface area contributed by atoms with Gasteiger partial charge in [0.05, 0.1) is 0 Å². The van der Waals surface area contributed by atoms with Gasteiger partial charge in [-0.25, -0.2) is 0 Å². The van der Waals surface area contributed by atoms with Gasteiger partial charge in [0, 0.05) is 12.7 Å². The highest BCUT2D eigenvalue weighted by atomic mass is 28.4. The lowest BCUT2D eigenvalue weighted by molar-refractivity contribution is 0.0740. The van der Waals surface area contributed by atoms with Gasteiger partial charge in [-0.3, -0.25) is 0 Å². The van der Waals surface area contributed by atoms with Crippen LogP contribution in [0, 0.1) is 11.8 Å². The second-order valence-corrected chi connectivity index (χ2v) is 9.39. The van der Waals surface area contributed by atoms with E-state index in [1.54, 1.807) is 0 Å². The lowest BCUT2D eigenvalue weighted by Gasteiger charge is -2.35. The largest absolute Gasteiger partial charge is 0.394 e. The third kappa shape index (κ3) is 6.02. The summed E-state index contributed by atoms with van der Waals surface area (Å²) in [6, 6.07) is 2.11. The van der Waals surface area contributed by atoms with Crippen molar-refractivity contribution in [2.75, 3.05) is 6.61 Å². The predicted molar refractivity (Wildman–Crippen MR) is 77.5 cm³/mol. The molecule has 0 aliphatic carbocycles. The Morgan fingerprint density at radius 3 is 1.76 bits per heavy atom. The van der Waals surface area contributed by atoms with E-state index in [0.717, 1.165) is 25.1 Å². The summed E-state index contributed by atoms with van der Waals surface area (Å²) in [6.45, 7) is 16.3. The van der Waals surface area contributed by atoms with Crippen LogP contribution in [0.25, 0.3) is 0 Å². The minimum Gasteiger partial charge on any atom is -0.394 e. The van der Waals surface area contributed by atoms with Crippen LogP contribution >= 0.6 is 0 Å². The van der Waals surface area contributed by atoms with Crippen LogP contribution in [0.3, 0.4) is 0 Å². The van der Waals surface area contributed by atoms with Crippen LogP contribution in [0.2, 0.25) is 12.1 Å². The first-order valence-corrected chi connectivity index (χ1v) is 9.45. The van der Waals surface area contributed by atoms with Crippen molar-refractivity contribution >= 4 is 8.56 Å². The summed E-state index contributed by atoms with van der Waals surface area (Å²) in [4.78, 5) is 0. The normalized spacial score (nSPS) is 14.6. The van der Waals surface area contributed by atoms with Crippen LogP contribution in [-0.2, 0) is 8.85 Å². The highest BCUT2D eigenvalue weighted by Crippen LogP contribution is 2.25. The van der Waals surface area contributed by atoms with Gasteiger partial charge >= 0.3 is 8.56 Å². The zero-order chi connectivity index (χ0) is 13.5. The molecule has 0 aromatic rings. The molecule has 0 rings (SSSR count). The maximum atomic E-state index is 6.41. The van der Waals surface area contributed by atoms with Gasteiger partial charge in [-0.2, -0.15) is 0 Å². The summed E-state index contributed by atoms with van der Waals surface area (Å²) in [5, 5.41) is 0. The van der Waals surface area contributed by atoms with Gasteiger partial charge in [0.25, 0.3) is 0 Å². The molecule has 0 amide bonds. The Kier molecular flexibility index (Phi) is 8.34. The SMILES string of the molecule is CCC(O[Si](CC)(CC)OCC(C)C)C(C)C. The second kappa shape index (κ2) is 8.28. The van der Waals surface area contributed by atoms with E-state index in [9.17, 15) is 0 Å². The number of rotatable bonds is 9. The molecule has 0 aliphatic heterocycles. The van der Waals surface area contributed by atoms with E-state index >= 15 is 0 Å². The first-order valence-electron chi connectivity index (χ1n) is 7.22. The summed E-state index contributed by atoms with van der Waals surface area (Å²) < 4.78 is 12.6. The molecule has 0 fully saturated rings. The molecule has 104 valence electrons. The maximum absolute atomic E-state index is 6.41. The quantitative estimate of drug-likeness (QED) is 0.564. The highest BCUT2D eigenvalue weighted by molar-refractivity contribution is 6.67. The van der Waals surface area contributed by atoms with E-state index in [1.165, 1.54) is 0 Å². The first-order chi connectivity index (χ1) is 7.90. The van der Waals surface area contributed by atoms with Crippen molar-refractivity contribution in [3.8, 4) is 0 Å². The molecular weight excluding hydrogens is 228 g/mol. The van der Waals surface area contributed by atoms with Crippen LogP contribution in [-0.4, -0.2) is 21.3 Å². The van der Waals surface area contributed by atoms with Gasteiger partial charge < -0.3 is 8.85 Å². The van der Waals surface area contributed by atoms with Crippen LogP contribution in [0.15, 0.2) is 0 Å². The smallest absolute Gasteiger partial charge is 0.337 e. The Labute approximate surface area is 109 Å². The summed E-state index contributed by atoms with van der Waals surface area (Å²) in [6.07, 6.45) is 1.44. The second-order valence-electron chi connectivity index (χ2n) is 5.63. The summed E-state index contributed by atoms with van der Waals surface area (Å²) in [5.74, 6) is 1.16. The van der Waals surface area contributed by atoms with Crippen molar-refractivity contribution in [3.63, 3.8) is 0 Å². The average Bonchev–Trinajstić information content (AvgIpc) is 2.30. The molecule has 0 bridgehead atoms. The molecule has 0 aliphatic rings. The van der Waals surface area contributed by atoms with Crippen LogP contribution < -0.4 is 0 Å². The van der Waals surface area contributed by atoms with Crippen molar-refractivity contribution in [1.29, 1.82) is 0 Å². The molecule has 0 saturated heterocycles. The minimum atomic E-state index is -1.95. The van der Waals surface area contributed by atoms with Crippen molar-refractivity contribution in [2.45, 2.75) is 73.1 Å². The number of hydrogen-bond acceptors (Lipinski definition) is 2. The lowest BCUT2D eigenvalue weighted by atomic mass is 10.1. The summed E-state index contributed by atoms with van der Waals surface area (Å²) >= 11 is 0. The van der Waals surface area contributed by atoms with Gasteiger partial charge in [-0.05, 0) is 30.3 Å². The fraction of sp³-hybridized carbons (Fsp3) is 1.00. The number of hydrogen-bond donors (Lipinski definition) is 0. The van der Waals surface area contributed by atoms with Crippen molar-refractivity contribution in [3.05, 3.63) is 0 Å². The van der Waals surface area contributed by atoms with Crippen molar-refractivity contribution < 1.29 is 8.85 Å². The van der Waals surface area contributed by atoms with Crippen molar-refractivity contribution in [2.24, 2.45) is 11.8 Å². The molecule has 1 unspecified atom stereocenters. The van der Waals surface area contributed by atoms with E-state index in [0.29, 0.717) is 17.9 Å². The molecule has 0 saturated carbocycles. The molecule has 17 heavy (non-hydrogen) atoms. The Balaban J connectivity index is 4.57. The third-order valence-electron chi connectivity index (χ3n) is 3.27. The van der Waals surface area contributed by atoms with Crippen LogP contribution in [0.1, 0.15) is 54.9 Å². The molecule has 0 aromatic heterocycles. The highest BCUT2D eigenvalue weighted by Gasteiger charge is 2.36. The molecule has 0 radical (unpaired) electrons. The standard InChI is InChI=1S/C14H32O2Si/c1-8-14(13(6)7)16-17(9-2,10-3)15-11-12(4)5/h12-14H,8-11H2,1-7H3. The molecule has 1 atom stereocenters. The molecule has 0 heterocycles. The van der Waals surface area contributed by atoms with E-state index in [4.69, 9.17) is 8.85 Å². The van der Waals surface area contributed by atoms with Gasteiger partial charge in [0.2, 0.25) is 0 Å². The monoisotopic (exact) mass is 260 g/mol. The minimum absolute atomic E-state index is 0.355. The van der Waals surface area contributed by atoms with E-state index in [-0.39, 0.29) is 0 Å². The Bertz CT molecular complexity index is 189.